The summed E-state index contributed by atoms with van der Waals surface area (Å²) in [6, 6.07) is 4.13. The van der Waals surface area contributed by atoms with E-state index in [1.54, 1.807) is 11.3 Å². The quantitative estimate of drug-likeness (QED) is 0.814. The van der Waals surface area contributed by atoms with Gasteiger partial charge in [-0.1, -0.05) is 6.07 Å². The zero-order chi connectivity index (χ0) is 9.86. The van der Waals surface area contributed by atoms with Gasteiger partial charge in [-0.05, 0) is 50.2 Å². The first-order valence-electron chi connectivity index (χ1n) is 5.21. The number of alkyl halides is 1. The second kappa shape index (κ2) is 4.41. The Bertz CT molecular complexity index is 265. The lowest BCUT2D eigenvalue weighted by atomic mass is 9.89. The molecule has 0 aromatic carbocycles. The third kappa shape index (κ3) is 2.55. The molecule has 1 aromatic rings. The van der Waals surface area contributed by atoms with E-state index < -0.39 is 5.67 Å². The molecule has 0 radical (unpaired) electrons. The van der Waals surface area contributed by atoms with Crippen LogP contribution in [0.3, 0.4) is 0 Å². The van der Waals surface area contributed by atoms with Crippen molar-refractivity contribution < 1.29 is 4.39 Å². The SMILES string of the molecule is FC1(CCc2cccs2)CCNCC1. The largest absolute Gasteiger partial charge is 0.316 e. The number of halogens is 1. The monoisotopic (exact) mass is 213 g/mol. The highest BCUT2D eigenvalue weighted by atomic mass is 32.1. The Morgan fingerprint density at radius 1 is 1.43 bits per heavy atom. The van der Waals surface area contributed by atoms with Crippen LogP contribution in [0.25, 0.3) is 0 Å². The van der Waals surface area contributed by atoms with Crippen LogP contribution in [0.4, 0.5) is 4.39 Å². The van der Waals surface area contributed by atoms with Crippen molar-refractivity contribution in [2.45, 2.75) is 31.4 Å². The van der Waals surface area contributed by atoms with E-state index >= 15 is 0 Å². The molecule has 0 aliphatic carbocycles. The first-order chi connectivity index (χ1) is 6.79. The summed E-state index contributed by atoms with van der Waals surface area (Å²) in [6.45, 7) is 1.67. The third-order valence-electron chi connectivity index (χ3n) is 2.90. The van der Waals surface area contributed by atoms with Crippen LogP contribution in [0, 0.1) is 0 Å². The topological polar surface area (TPSA) is 12.0 Å². The number of nitrogens with one attached hydrogen (secondary N) is 1. The highest BCUT2D eigenvalue weighted by Gasteiger charge is 2.30. The highest BCUT2D eigenvalue weighted by Crippen LogP contribution is 2.29. The predicted octanol–water partition coefficient (Wildman–Crippen LogP) is 2.77. The van der Waals surface area contributed by atoms with E-state index in [0.29, 0.717) is 19.3 Å². The lowest BCUT2D eigenvalue weighted by Gasteiger charge is -2.29. The van der Waals surface area contributed by atoms with Gasteiger partial charge in [-0.15, -0.1) is 11.3 Å². The molecule has 3 heteroatoms. The maximum atomic E-state index is 14.1. The van der Waals surface area contributed by atoms with Crippen molar-refractivity contribution in [1.29, 1.82) is 0 Å². The number of rotatable bonds is 3. The van der Waals surface area contributed by atoms with Crippen molar-refractivity contribution >= 4 is 11.3 Å². The molecule has 0 unspecified atom stereocenters. The van der Waals surface area contributed by atoms with Crippen LogP contribution in [-0.4, -0.2) is 18.8 Å². The van der Waals surface area contributed by atoms with Gasteiger partial charge in [0.1, 0.15) is 5.67 Å². The van der Waals surface area contributed by atoms with Crippen molar-refractivity contribution in [3.63, 3.8) is 0 Å². The summed E-state index contributed by atoms with van der Waals surface area (Å²) in [5, 5.41) is 5.25. The second-order valence-corrected chi connectivity index (χ2v) is 5.01. The molecule has 0 atom stereocenters. The summed E-state index contributed by atoms with van der Waals surface area (Å²) in [5.41, 5.74) is -0.907. The molecule has 1 N–H and O–H groups in total. The minimum Gasteiger partial charge on any atom is -0.316 e. The highest BCUT2D eigenvalue weighted by molar-refractivity contribution is 7.09. The number of aryl methyl sites for hydroxylation is 1. The van der Waals surface area contributed by atoms with Gasteiger partial charge in [0.25, 0.3) is 0 Å². The van der Waals surface area contributed by atoms with E-state index in [1.165, 1.54) is 4.88 Å². The van der Waals surface area contributed by atoms with Crippen LogP contribution >= 0.6 is 11.3 Å². The van der Waals surface area contributed by atoms with E-state index in [0.717, 1.165) is 19.5 Å². The standard InChI is InChI=1S/C11H16FNS/c12-11(5-7-13-8-6-11)4-3-10-2-1-9-14-10/h1-2,9,13H,3-8H2. The van der Waals surface area contributed by atoms with E-state index in [-0.39, 0.29) is 0 Å². The fourth-order valence-electron chi connectivity index (χ4n) is 1.93. The predicted molar refractivity (Wildman–Crippen MR) is 58.6 cm³/mol. The molecule has 1 aliphatic heterocycles. The molecular weight excluding hydrogens is 197 g/mol. The molecule has 78 valence electrons. The van der Waals surface area contributed by atoms with Gasteiger partial charge < -0.3 is 5.32 Å². The molecule has 14 heavy (non-hydrogen) atoms. The summed E-state index contributed by atoms with van der Waals surface area (Å²) in [6.07, 6.45) is 2.94. The molecule has 0 bridgehead atoms. The Morgan fingerprint density at radius 3 is 2.86 bits per heavy atom. The van der Waals surface area contributed by atoms with E-state index in [4.69, 9.17) is 0 Å². The summed E-state index contributed by atoms with van der Waals surface area (Å²) < 4.78 is 14.1. The normalized spacial score (nSPS) is 20.9. The molecule has 1 fully saturated rings. The average Bonchev–Trinajstić information content (AvgIpc) is 2.69. The van der Waals surface area contributed by atoms with Gasteiger partial charge in [-0.25, -0.2) is 4.39 Å². The van der Waals surface area contributed by atoms with Crippen molar-refractivity contribution in [1.82, 2.24) is 5.32 Å². The van der Waals surface area contributed by atoms with Crippen molar-refractivity contribution in [3.8, 4) is 0 Å². The zero-order valence-corrected chi connectivity index (χ0v) is 9.08. The van der Waals surface area contributed by atoms with Gasteiger partial charge in [-0.2, -0.15) is 0 Å². The fraction of sp³-hybridized carbons (Fsp3) is 0.636. The van der Waals surface area contributed by atoms with E-state index in [1.807, 2.05) is 6.07 Å². The lowest BCUT2D eigenvalue weighted by molar-refractivity contribution is 0.105. The van der Waals surface area contributed by atoms with Crippen molar-refractivity contribution in [2.75, 3.05) is 13.1 Å². The minimum absolute atomic E-state index is 0.679. The average molecular weight is 213 g/mol. The Labute approximate surface area is 88.3 Å². The molecule has 0 saturated carbocycles. The molecule has 0 spiro atoms. The summed E-state index contributed by atoms with van der Waals surface area (Å²) in [7, 11) is 0. The third-order valence-corrected chi connectivity index (χ3v) is 3.84. The molecule has 1 aliphatic rings. The van der Waals surface area contributed by atoms with Crippen molar-refractivity contribution in [3.05, 3.63) is 22.4 Å². The minimum atomic E-state index is -0.907. The number of thiophene rings is 1. The lowest BCUT2D eigenvalue weighted by Crippen LogP contribution is -2.38. The van der Waals surface area contributed by atoms with Crippen molar-refractivity contribution in [2.24, 2.45) is 0 Å². The molecule has 1 aromatic heterocycles. The van der Waals surface area contributed by atoms with Gasteiger partial charge in [0, 0.05) is 4.88 Å². The zero-order valence-electron chi connectivity index (χ0n) is 8.26. The Kier molecular flexibility index (Phi) is 3.19. The van der Waals surface area contributed by atoms with Crippen LogP contribution in [0.5, 0.6) is 0 Å². The number of piperidine rings is 1. The van der Waals surface area contributed by atoms with Crippen LogP contribution in [0.2, 0.25) is 0 Å². The second-order valence-electron chi connectivity index (χ2n) is 3.98. The van der Waals surface area contributed by atoms with Crippen LogP contribution in [0.1, 0.15) is 24.1 Å². The molecule has 1 nitrogen and oxygen atoms in total. The maximum absolute atomic E-state index is 14.1. The molecule has 1 saturated heterocycles. The summed E-state index contributed by atoms with van der Waals surface area (Å²) in [4.78, 5) is 1.31. The maximum Gasteiger partial charge on any atom is 0.113 e. The molecule has 2 heterocycles. The van der Waals surface area contributed by atoms with Gasteiger partial charge in [-0.3, -0.25) is 0 Å². The smallest absolute Gasteiger partial charge is 0.113 e. The van der Waals surface area contributed by atoms with Gasteiger partial charge >= 0.3 is 0 Å². The Balaban J connectivity index is 1.84. The molecule has 0 amide bonds. The van der Waals surface area contributed by atoms with Crippen LogP contribution in [-0.2, 0) is 6.42 Å². The number of hydrogen-bond donors (Lipinski definition) is 1. The van der Waals surface area contributed by atoms with Gasteiger partial charge in [0.2, 0.25) is 0 Å². The van der Waals surface area contributed by atoms with Gasteiger partial charge in [0.15, 0.2) is 0 Å². The summed E-state index contributed by atoms with van der Waals surface area (Å²) in [5.74, 6) is 0. The van der Waals surface area contributed by atoms with Crippen LogP contribution < -0.4 is 5.32 Å². The van der Waals surface area contributed by atoms with Gasteiger partial charge in [0.05, 0.1) is 0 Å². The Morgan fingerprint density at radius 2 is 2.21 bits per heavy atom. The van der Waals surface area contributed by atoms with E-state index in [2.05, 4.69) is 16.8 Å². The number of hydrogen-bond acceptors (Lipinski definition) is 2. The Hall–Kier alpha value is -0.410. The van der Waals surface area contributed by atoms with E-state index in [9.17, 15) is 4.39 Å². The van der Waals surface area contributed by atoms with Crippen LogP contribution in [0.15, 0.2) is 17.5 Å². The first kappa shape index (κ1) is 10.1. The fourth-order valence-corrected chi connectivity index (χ4v) is 2.64. The molecular formula is C11H16FNS. The summed E-state index contributed by atoms with van der Waals surface area (Å²) >= 11 is 1.73. The molecule has 2 rings (SSSR count). The first-order valence-corrected chi connectivity index (χ1v) is 6.09.